The Morgan fingerprint density at radius 3 is 2.57 bits per heavy atom. The first-order chi connectivity index (χ1) is 6.52. The second-order valence-electron chi connectivity index (χ2n) is 3.14. The van der Waals surface area contributed by atoms with Crippen LogP contribution in [0, 0.1) is 6.92 Å². The highest BCUT2D eigenvalue weighted by molar-refractivity contribution is 6.31. The molecule has 0 spiro atoms. The van der Waals surface area contributed by atoms with Crippen LogP contribution in [-0.4, -0.2) is 0 Å². The maximum absolute atomic E-state index is 5.98. The molecular formula is C12H13ClO. The fraction of sp³-hybridized carbons (Fsp3) is 0.167. The van der Waals surface area contributed by atoms with E-state index in [0.717, 1.165) is 11.1 Å². The molecule has 0 atom stereocenters. The van der Waals surface area contributed by atoms with Crippen molar-refractivity contribution in [2.45, 2.75) is 13.8 Å². The van der Waals surface area contributed by atoms with Gasteiger partial charge in [-0.1, -0.05) is 36.9 Å². The van der Waals surface area contributed by atoms with E-state index in [9.17, 15) is 0 Å². The molecule has 1 aromatic carbocycles. The Bertz CT molecular complexity index is 380. The molecule has 0 N–H and O–H groups in total. The van der Waals surface area contributed by atoms with Crippen molar-refractivity contribution in [3.63, 3.8) is 0 Å². The van der Waals surface area contributed by atoms with E-state index in [4.69, 9.17) is 16.3 Å². The van der Waals surface area contributed by atoms with Crippen LogP contribution in [-0.2, 0) is 4.74 Å². The minimum atomic E-state index is 0.581. The zero-order chi connectivity index (χ0) is 10.7. The maximum atomic E-state index is 5.98. The molecule has 0 aliphatic heterocycles. The highest BCUT2D eigenvalue weighted by Gasteiger charge is 2.06. The molecule has 2 heteroatoms. The first-order valence-corrected chi connectivity index (χ1v) is 4.68. The quantitative estimate of drug-likeness (QED) is 0.678. The Hall–Kier alpha value is -1.21. The molecule has 1 rings (SSSR count). The zero-order valence-electron chi connectivity index (χ0n) is 8.43. The van der Waals surface area contributed by atoms with Gasteiger partial charge in [0.05, 0.1) is 5.76 Å². The summed E-state index contributed by atoms with van der Waals surface area (Å²) in [5, 5.41) is 0.717. The highest BCUT2D eigenvalue weighted by atomic mass is 35.5. The lowest BCUT2D eigenvalue weighted by molar-refractivity contribution is 0.388. The first kappa shape index (κ1) is 10.9. The van der Waals surface area contributed by atoms with Crippen molar-refractivity contribution in [2.75, 3.05) is 0 Å². The van der Waals surface area contributed by atoms with Crippen molar-refractivity contribution in [2.24, 2.45) is 0 Å². The molecule has 0 aliphatic carbocycles. The topological polar surface area (TPSA) is 9.23 Å². The third-order valence-corrected chi connectivity index (χ3v) is 2.27. The van der Waals surface area contributed by atoms with Crippen LogP contribution in [0.25, 0.3) is 5.76 Å². The van der Waals surface area contributed by atoms with Crippen molar-refractivity contribution in [3.8, 4) is 0 Å². The molecule has 0 amide bonds. The molecule has 14 heavy (non-hydrogen) atoms. The van der Waals surface area contributed by atoms with Crippen molar-refractivity contribution in [3.05, 3.63) is 53.3 Å². The van der Waals surface area contributed by atoms with E-state index < -0.39 is 0 Å². The Labute approximate surface area is 89.7 Å². The lowest BCUT2D eigenvalue weighted by Crippen LogP contribution is -1.92. The van der Waals surface area contributed by atoms with Gasteiger partial charge in [-0.15, -0.1) is 0 Å². The number of hydrogen-bond acceptors (Lipinski definition) is 1. The molecule has 0 aromatic heterocycles. The van der Waals surface area contributed by atoms with E-state index in [1.165, 1.54) is 0 Å². The monoisotopic (exact) mass is 208 g/mol. The van der Waals surface area contributed by atoms with Crippen molar-refractivity contribution >= 4 is 17.4 Å². The molecule has 0 radical (unpaired) electrons. The average Bonchev–Trinajstić information content (AvgIpc) is 2.08. The molecule has 0 unspecified atom stereocenters. The van der Waals surface area contributed by atoms with E-state index in [0.29, 0.717) is 16.5 Å². The molecule has 0 saturated heterocycles. The fourth-order valence-corrected chi connectivity index (χ4v) is 1.35. The minimum absolute atomic E-state index is 0.581. The van der Waals surface area contributed by atoms with Crippen LogP contribution >= 0.6 is 11.6 Å². The Morgan fingerprint density at radius 1 is 1.36 bits per heavy atom. The third kappa shape index (κ3) is 2.39. The predicted molar refractivity (Wildman–Crippen MR) is 61.1 cm³/mol. The van der Waals surface area contributed by atoms with Gasteiger partial charge in [0.2, 0.25) is 0 Å². The molecular weight excluding hydrogens is 196 g/mol. The van der Waals surface area contributed by atoms with Gasteiger partial charge in [-0.3, -0.25) is 0 Å². The molecule has 0 aliphatic rings. The van der Waals surface area contributed by atoms with Gasteiger partial charge in [-0.25, -0.2) is 0 Å². The van der Waals surface area contributed by atoms with Gasteiger partial charge in [-0.2, -0.15) is 0 Å². The Morgan fingerprint density at radius 2 is 2.00 bits per heavy atom. The van der Waals surface area contributed by atoms with Crippen LogP contribution in [0.3, 0.4) is 0 Å². The smallest absolute Gasteiger partial charge is 0.127 e. The summed E-state index contributed by atoms with van der Waals surface area (Å²) in [7, 11) is 0. The van der Waals surface area contributed by atoms with E-state index in [-0.39, 0.29) is 0 Å². The van der Waals surface area contributed by atoms with Crippen LogP contribution in [0.4, 0.5) is 0 Å². The molecule has 0 fully saturated rings. The fourth-order valence-electron chi connectivity index (χ4n) is 1.17. The number of benzene rings is 1. The third-order valence-electron chi connectivity index (χ3n) is 1.87. The highest BCUT2D eigenvalue weighted by Crippen LogP contribution is 2.25. The minimum Gasteiger partial charge on any atom is -0.463 e. The van der Waals surface area contributed by atoms with E-state index >= 15 is 0 Å². The van der Waals surface area contributed by atoms with Crippen LogP contribution < -0.4 is 0 Å². The standard InChI is InChI=1S/C12H13ClO/c1-8(2)14-10(4)11-6-5-7-12(13)9(11)3/h5-7H,1,4H2,2-3H3. The molecule has 0 heterocycles. The van der Waals surface area contributed by atoms with Crippen LogP contribution in [0.2, 0.25) is 5.02 Å². The van der Waals surface area contributed by atoms with Crippen LogP contribution in [0.1, 0.15) is 18.1 Å². The molecule has 0 bridgehead atoms. The Kier molecular flexibility index (Phi) is 3.37. The molecule has 1 aromatic rings. The van der Waals surface area contributed by atoms with Gasteiger partial charge in [0.25, 0.3) is 0 Å². The van der Waals surface area contributed by atoms with E-state index in [1.807, 2.05) is 25.1 Å². The summed E-state index contributed by atoms with van der Waals surface area (Å²) in [6, 6.07) is 5.64. The number of halogens is 1. The van der Waals surface area contributed by atoms with E-state index in [1.54, 1.807) is 6.92 Å². The zero-order valence-corrected chi connectivity index (χ0v) is 9.19. The summed E-state index contributed by atoms with van der Waals surface area (Å²) >= 11 is 5.98. The second kappa shape index (κ2) is 4.34. The summed E-state index contributed by atoms with van der Waals surface area (Å²) in [4.78, 5) is 0. The average molecular weight is 209 g/mol. The van der Waals surface area contributed by atoms with Gasteiger partial charge in [0.1, 0.15) is 5.76 Å². The molecule has 0 saturated carbocycles. The van der Waals surface area contributed by atoms with Crippen molar-refractivity contribution in [1.29, 1.82) is 0 Å². The van der Waals surface area contributed by atoms with Gasteiger partial charge in [0, 0.05) is 10.6 Å². The predicted octanol–water partition coefficient (Wildman–Crippen LogP) is 4.17. The largest absolute Gasteiger partial charge is 0.463 e. The molecule has 74 valence electrons. The summed E-state index contributed by atoms with van der Waals surface area (Å²) in [5.74, 6) is 1.20. The maximum Gasteiger partial charge on any atom is 0.127 e. The second-order valence-corrected chi connectivity index (χ2v) is 3.55. The number of rotatable bonds is 3. The normalized spacial score (nSPS) is 9.64. The van der Waals surface area contributed by atoms with Crippen molar-refractivity contribution in [1.82, 2.24) is 0 Å². The molecule has 1 nitrogen and oxygen atoms in total. The summed E-state index contributed by atoms with van der Waals surface area (Å²) in [5.41, 5.74) is 1.89. The lowest BCUT2D eigenvalue weighted by atomic mass is 10.1. The van der Waals surface area contributed by atoms with Gasteiger partial charge in [-0.05, 0) is 25.5 Å². The first-order valence-electron chi connectivity index (χ1n) is 4.30. The van der Waals surface area contributed by atoms with Gasteiger partial charge in [0.15, 0.2) is 0 Å². The lowest BCUT2D eigenvalue weighted by Gasteiger charge is -2.11. The summed E-state index contributed by atoms with van der Waals surface area (Å²) in [6.45, 7) is 11.2. The Balaban J connectivity index is 3.01. The van der Waals surface area contributed by atoms with Gasteiger partial charge < -0.3 is 4.74 Å². The SMILES string of the molecule is C=C(C)OC(=C)c1cccc(Cl)c1C. The van der Waals surface area contributed by atoms with E-state index in [2.05, 4.69) is 13.2 Å². The van der Waals surface area contributed by atoms with Crippen LogP contribution in [0.15, 0.2) is 37.1 Å². The summed E-state index contributed by atoms with van der Waals surface area (Å²) in [6.07, 6.45) is 0. The number of hydrogen-bond donors (Lipinski definition) is 0. The van der Waals surface area contributed by atoms with Crippen LogP contribution in [0.5, 0.6) is 0 Å². The number of allylic oxidation sites excluding steroid dienone is 1. The van der Waals surface area contributed by atoms with Crippen molar-refractivity contribution < 1.29 is 4.74 Å². The summed E-state index contributed by atoms with van der Waals surface area (Å²) < 4.78 is 5.32. The number of ether oxygens (including phenoxy) is 1. The van der Waals surface area contributed by atoms with Gasteiger partial charge >= 0.3 is 0 Å².